The summed E-state index contributed by atoms with van der Waals surface area (Å²) >= 11 is 1.43. The molecule has 0 spiro atoms. The van der Waals surface area contributed by atoms with Crippen LogP contribution in [0.15, 0.2) is 78.9 Å². The Kier molecular flexibility index (Phi) is 6.66. The molecule has 5 nitrogen and oxygen atoms in total. The van der Waals surface area contributed by atoms with Crippen LogP contribution < -0.4 is 4.74 Å². The van der Waals surface area contributed by atoms with Gasteiger partial charge in [0.05, 0.1) is 23.4 Å². The number of fused-ring (bicyclic) bond motifs is 1. The molecule has 0 bridgehead atoms. The maximum atomic E-state index is 13.3. The van der Waals surface area contributed by atoms with E-state index in [0.717, 1.165) is 38.7 Å². The fraction of sp³-hybridized carbons (Fsp3) is 0.241. The monoisotopic (exact) mass is 484 g/mol. The molecule has 1 N–H and O–H groups in total. The molecule has 1 aliphatic heterocycles. The zero-order valence-corrected chi connectivity index (χ0v) is 20.7. The second kappa shape index (κ2) is 10.0. The first-order chi connectivity index (χ1) is 17.0. The molecule has 1 aliphatic rings. The minimum absolute atomic E-state index is 0.0260. The number of hydrogen-bond acceptors (Lipinski definition) is 5. The highest BCUT2D eigenvalue weighted by Crippen LogP contribution is 2.38. The lowest BCUT2D eigenvalue weighted by atomic mass is 9.83. The summed E-state index contributed by atoms with van der Waals surface area (Å²) < 4.78 is 5.98. The summed E-state index contributed by atoms with van der Waals surface area (Å²) in [6, 6.07) is 26.0. The van der Waals surface area contributed by atoms with Gasteiger partial charge in [0.25, 0.3) is 5.91 Å². The molecule has 0 radical (unpaired) electrons. The Hall–Kier alpha value is -3.48. The lowest BCUT2D eigenvalue weighted by molar-refractivity contribution is 0.0737. The summed E-state index contributed by atoms with van der Waals surface area (Å²) in [7, 11) is 0. The number of amides is 1. The summed E-state index contributed by atoms with van der Waals surface area (Å²) in [5.41, 5.74) is 4.55. The summed E-state index contributed by atoms with van der Waals surface area (Å²) in [4.78, 5) is 20.2. The highest BCUT2D eigenvalue weighted by molar-refractivity contribution is 7.13. The van der Waals surface area contributed by atoms with Crippen LogP contribution in [-0.2, 0) is 6.54 Å². The van der Waals surface area contributed by atoms with E-state index in [1.54, 1.807) is 0 Å². The Morgan fingerprint density at radius 3 is 2.23 bits per heavy atom. The molecule has 1 amide bonds. The smallest absolute Gasteiger partial charge is 0.266 e. The average molecular weight is 485 g/mol. The van der Waals surface area contributed by atoms with Gasteiger partial charge >= 0.3 is 0 Å². The predicted molar refractivity (Wildman–Crippen MR) is 138 cm³/mol. The van der Waals surface area contributed by atoms with Crippen LogP contribution in [0.3, 0.4) is 0 Å². The van der Waals surface area contributed by atoms with Crippen molar-refractivity contribution in [2.75, 3.05) is 13.2 Å². The zero-order chi connectivity index (χ0) is 24.4. The van der Waals surface area contributed by atoms with E-state index in [1.165, 1.54) is 11.3 Å². The average Bonchev–Trinajstić information content (AvgIpc) is 3.08. The van der Waals surface area contributed by atoms with Crippen LogP contribution in [0, 0.1) is 13.8 Å². The number of nitrogens with zero attached hydrogens (tertiary/aromatic N) is 2. The molecule has 0 unspecified atom stereocenters. The van der Waals surface area contributed by atoms with Gasteiger partial charge in [-0.1, -0.05) is 66.7 Å². The Morgan fingerprint density at radius 1 is 0.971 bits per heavy atom. The van der Waals surface area contributed by atoms with Crippen molar-refractivity contribution < 1.29 is 14.6 Å². The van der Waals surface area contributed by atoms with Crippen LogP contribution in [0.25, 0.3) is 0 Å². The molecule has 0 saturated heterocycles. The number of benzene rings is 3. The fourth-order valence-corrected chi connectivity index (χ4v) is 5.60. The standard InChI is InChI=1S/C29H28N2O3S/c1-19-28(35-20(2)30-19)29(33)31-15-16-34-25-14-13-23(17-24(25)18-31)27(32)26(21-9-5-3-6-10-21)22-11-7-4-8-12-22/h3-14,17,26-27,32H,15-16,18H2,1-2H3/t27-/m1/s1. The molecule has 35 heavy (non-hydrogen) atoms. The topological polar surface area (TPSA) is 62.7 Å². The highest BCUT2D eigenvalue weighted by Gasteiger charge is 2.28. The largest absolute Gasteiger partial charge is 0.491 e. The van der Waals surface area contributed by atoms with E-state index in [4.69, 9.17) is 4.74 Å². The normalized spacial score (nSPS) is 14.2. The Morgan fingerprint density at radius 2 is 1.63 bits per heavy atom. The Balaban J connectivity index is 1.47. The van der Waals surface area contributed by atoms with Crippen molar-refractivity contribution in [1.29, 1.82) is 0 Å². The molecule has 3 aromatic carbocycles. The van der Waals surface area contributed by atoms with Crippen LogP contribution in [0.4, 0.5) is 0 Å². The van der Waals surface area contributed by atoms with Crippen LogP contribution in [0.1, 0.15) is 54.6 Å². The van der Waals surface area contributed by atoms with Crippen molar-refractivity contribution >= 4 is 17.2 Å². The van der Waals surface area contributed by atoms with Gasteiger partial charge in [0.15, 0.2) is 0 Å². The van der Waals surface area contributed by atoms with Crippen molar-refractivity contribution in [3.05, 3.63) is 117 Å². The molecular formula is C29H28N2O3S. The van der Waals surface area contributed by atoms with Crippen LogP contribution in [0.5, 0.6) is 5.75 Å². The van der Waals surface area contributed by atoms with Gasteiger partial charge in [-0.2, -0.15) is 0 Å². The maximum absolute atomic E-state index is 13.3. The number of aromatic nitrogens is 1. The van der Waals surface area contributed by atoms with Gasteiger partial charge in [-0.25, -0.2) is 4.98 Å². The van der Waals surface area contributed by atoms with Gasteiger partial charge in [-0.15, -0.1) is 11.3 Å². The van der Waals surface area contributed by atoms with Gasteiger partial charge in [0, 0.05) is 18.0 Å². The predicted octanol–water partition coefficient (Wildman–Crippen LogP) is 5.66. The number of hydrogen-bond donors (Lipinski definition) is 1. The Labute approximate surface area is 209 Å². The molecule has 5 rings (SSSR count). The number of ether oxygens (including phenoxy) is 1. The fourth-order valence-electron chi connectivity index (χ4n) is 4.72. The second-order valence-corrected chi connectivity index (χ2v) is 10.0. The molecular weight excluding hydrogens is 456 g/mol. The summed E-state index contributed by atoms with van der Waals surface area (Å²) in [5, 5.41) is 12.5. The number of aliphatic hydroxyl groups excluding tert-OH is 1. The first-order valence-electron chi connectivity index (χ1n) is 11.8. The van der Waals surface area contributed by atoms with E-state index in [2.05, 4.69) is 4.98 Å². The van der Waals surface area contributed by atoms with Crippen molar-refractivity contribution in [2.24, 2.45) is 0 Å². The van der Waals surface area contributed by atoms with Gasteiger partial charge in [-0.3, -0.25) is 4.79 Å². The van der Waals surface area contributed by atoms with Gasteiger partial charge in [-0.05, 0) is 42.7 Å². The van der Waals surface area contributed by atoms with Crippen LogP contribution in [0.2, 0.25) is 0 Å². The third-order valence-corrected chi connectivity index (χ3v) is 7.48. The minimum Gasteiger partial charge on any atom is -0.491 e. The zero-order valence-electron chi connectivity index (χ0n) is 19.8. The van der Waals surface area contributed by atoms with E-state index >= 15 is 0 Å². The minimum atomic E-state index is -0.760. The first-order valence-corrected chi connectivity index (χ1v) is 12.6. The van der Waals surface area contributed by atoms with Gasteiger partial charge in [0.2, 0.25) is 0 Å². The second-order valence-electron chi connectivity index (χ2n) is 8.83. The quantitative estimate of drug-likeness (QED) is 0.397. The maximum Gasteiger partial charge on any atom is 0.266 e. The van der Waals surface area contributed by atoms with Crippen molar-refractivity contribution in [3.63, 3.8) is 0 Å². The van der Waals surface area contributed by atoms with E-state index in [0.29, 0.717) is 24.6 Å². The SMILES string of the molecule is Cc1nc(C)c(C(=O)N2CCOc3ccc([C@@H](O)C(c4ccccc4)c4ccccc4)cc3C2)s1. The summed E-state index contributed by atoms with van der Waals surface area (Å²) in [6.07, 6.45) is -0.760. The summed E-state index contributed by atoms with van der Waals surface area (Å²) in [5.74, 6) is 0.508. The lowest BCUT2D eigenvalue weighted by Crippen LogP contribution is -2.32. The first kappa shape index (κ1) is 23.3. The molecule has 0 saturated carbocycles. The number of aliphatic hydroxyl groups is 1. The van der Waals surface area contributed by atoms with E-state index in [9.17, 15) is 9.90 Å². The van der Waals surface area contributed by atoms with Gasteiger partial charge in [0.1, 0.15) is 17.2 Å². The molecule has 1 aromatic heterocycles. The van der Waals surface area contributed by atoms with E-state index in [1.807, 2.05) is 97.6 Å². The third-order valence-electron chi connectivity index (χ3n) is 6.42. The van der Waals surface area contributed by atoms with Gasteiger partial charge < -0.3 is 14.7 Å². The van der Waals surface area contributed by atoms with Crippen LogP contribution >= 0.6 is 11.3 Å². The van der Waals surface area contributed by atoms with Crippen LogP contribution in [-0.4, -0.2) is 34.0 Å². The number of rotatable bonds is 5. The molecule has 1 atom stereocenters. The third kappa shape index (κ3) is 4.85. The number of carbonyl (C=O) groups is 1. The molecule has 178 valence electrons. The highest BCUT2D eigenvalue weighted by atomic mass is 32.1. The summed E-state index contributed by atoms with van der Waals surface area (Å²) in [6.45, 7) is 5.14. The van der Waals surface area contributed by atoms with Crippen molar-refractivity contribution in [1.82, 2.24) is 9.88 Å². The Bertz CT molecular complexity index is 1280. The molecule has 4 aromatic rings. The van der Waals surface area contributed by atoms with E-state index in [-0.39, 0.29) is 11.8 Å². The van der Waals surface area contributed by atoms with Crippen molar-refractivity contribution in [2.45, 2.75) is 32.4 Å². The lowest BCUT2D eigenvalue weighted by Gasteiger charge is -2.25. The van der Waals surface area contributed by atoms with Crippen molar-refractivity contribution in [3.8, 4) is 5.75 Å². The molecule has 0 aliphatic carbocycles. The van der Waals surface area contributed by atoms with E-state index < -0.39 is 6.10 Å². The number of thiazole rings is 1. The molecule has 2 heterocycles. The number of carbonyl (C=O) groups excluding carboxylic acids is 1. The molecule has 6 heteroatoms. The molecule has 0 fully saturated rings. The number of aryl methyl sites for hydroxylation is 2.